The summed E-state index contributed by atoms with van der Waals surface area (Å²) in [6.07, 6.45) is -1.10. The summed E-state index contributed by atoms with van der Waals surface area (Å²) >= 11 is 0. The molecule has 5 heteroatoms. The third-order valence-electron chi connectivity index (χ3n) is 4.95. The first-order valence-electron chi connectivity index (χ1n) is 9.98. The molecule has 0 saturated carbocycles. The third kappa shape index (κ3) is 5.44. The lowest BCUT2D eigenvalue weighted by Gasteiger charge is -2.43. The van der Waals surface area contributed by atoms with Gasteiger partial charge in [0.25, 0.3) is 8.32 Å². The van der Waals surface area contributed by atoms with Gasteiger partial charge in [-0.2, -0.15) is 0 Å². The third-order valence-corrected chi connectivity index (χ3v) is 9.93. The molecular weight excluding hydrogens is 380 g/mol. The van der Waals surface area contributed by atoms with Gasteiger partial charge in [-0.25, -0.2) is 4.79 Å². The average Bonchev–Trinajstić information content (AvgIpc) is 2.69. The molecule has 4 nitrogen and oxygen atoms in total. The van der Waals surface area contributed by atoms with Gasteiger partial charge in [0.15, 0.2) is 6.10 Å². The number of aliphatic hydroxyl groups excluding tert-OH is 1. The van der Waals surface area contributed by atoms with Crippen molar-refractivity contribution in [1.29, 1.82) is 0 Å². The zero-order valence-corrected chi connectivity index (χ0v) is 18.9. The van der Waals surface area contributed by atoms with Crippen molar-refractivity contribution in [3.05, 3.63) is 72.8 Å². The highest BCUT2D eigenvalue weighted by Gasteiger charge is 2.50. The number of ether oxygens (including phenoxy) is 1. The van der Waals surface area contributed by atoms with Crippen LogP contribution in [0.25, 0.3) is 0 Å². The Morgan fingerprint density at radius 1 is 1.03 bits per heavy atom. The van der Waals surface area contributed by atoms with Crippen LogP contribution >= 0.6 is 0 Å². The summed E-state index contributed by atoms with van der Waals surface area (Å²) in [4.78, 5) is 11.7. The van der Waals surface area contributed by atoms with Crippen molar-refractivity contribution >= 4 is 24.7 Å². The fraction of sp³-hybridized carbons (Fsp3) is 0.375. The number of carbonyl (C=O) groups is 1. The van der Waals surface area contributed by atoms with Crippen LogP contribution in [-0.4, -0.2) is 38.7 Å². The van der Waals surface area contributed by atoms with Gasteiger partial charge in [0.2, 0.25) is 0 Å². The highest BCUT2D eigenvalue weighted by Crippen LogP contribution is 2.37. The number of esters is 1. The fourth-order valence-corrected chi connectivity index (χ4v) is 8.20. The van der Waals surface area contributed by atoms with E-state index in [4.69, 9.17) is 9.16 Å². The molecule has 0 saturated heterocycles. The van der Waals surface area contributed by atoms with Crippen LogP contribution in [0.2, 0.25) is 5.04 Å². The van der Waals surface area contributed by atoms with Crippen molar-refractivity contribution in [3.8, 4) is 0 Å². The Kier molecular flexibility index (Phi) is 7.96. The molecule has 2 aromatic rings. The molecular formula is C24H32O4Si. The van der Waals surface area contributed by atoms with Gasteiger partial charge in [-0.15, -0.1) is 0 Å². The van der Waals surface area contributed by atoms with E-state index in [0.29, 0.717) is 5.57 Å². The van der Waals surface area contributed by atoms with Crippen molar-refractivity contribution in [1.82, 2.24) is 0 Å². The van der Waals surface area contributed by atoms with Crippen molar-refractivity contribution in [3.63, 3.8) is 0 Å². The molecule has 2 aromatic carbocycles. The van der Waals surface area contributed by atoms with Crippen molar-refractivity contribution in [2.24, 2.45) is 0 Å². The van der Waals surface area contributed by atoms with Crippen molar-refractivity contribution < 1.29 is 19.1 Å². The maximum absolute atomic E-state index is 11.7. The summed E-state index contributed by atoms with van der Waals surface area (Å²) in [7, 11) is -2.66. The second-order valence-corrected chi connectivity index (χ2v) is 12.5. The van der Waals surface area contributed by atoms with Gasteiger partial charge < -0.3 is 14.3 Å². The molecule has 0 fully saturated rings. The van der Waals surface area contributed by atoms with E-state index in [2.05, 4.69) is 51.6 Å². The summed E-state index contributed by atoms with van der Waals surface area (Å²) in [5.41, 5.74) is 0.665. The molecule has 0 spiro atoms. The van der Waals surface area contributed by atoms with Gasteiger partial charge in [-0.3, -0.25) is 0 Å². The Morgan fingerprint density at radius 2 is 1.52 bits per heavy atom. The van der Waals surface area contributed by atoms with Crippen LogP contribution in [0.4, 0.5) is 0 Å². The first kappa shape index (κ1) is 23.1. The van der Waals surface area contributed by atoms with Crippen LogP contribution in [0.3, 0.4) is 0 Å². The van der Waals surface area contributed by atoms with Crippen LogP contribution in [0, 0.1) is 0 Å². The van der Waals surface area contributed by atoms with Crippen LogP contribution in [-0.2, 0) is 14.0 Å². The van der Waals surface area contributed by atoms with E-state index in [0.717, 1.165) is 0 Å². The zero-order valence-electron chi connectivity index (χ0n) is 17.9. The van der Waals surface area contributed by atoms with E-state index in [1.54, 1.807) is 6.92 Å². The molecule has 0 aliphatic rings. The molecule has 156 valence electrons. The Hall–Kier alpha value is -2.21. The zero-order chi connectivity index (χ0) is 21.5. The molecule has 0 aliphatic heterocycles. The molecule has 0 heterocycles. The molecule has 0 aliphatic carbocycles. The van der Waals surface area contributed by atoms with Crippen LogP contribution in [0.5, 0.6) is 0 Å². The molecule has 2 rings (SSSR count). The van der Waals surface area contributed by atoms with Crippen LogP contribution < -0.4 is 10.4 Å². The van der Waals surface area contributed by atoms with Gasteiger partial charge in [-0.1, -0.05) is 88.0 Å². The lowest BCUT2D eigenvalue weighted by atomic mass is 10.1. The average molecular weight is 413 g/mol. The second kappa shape index (κ2) is 10.0. The first-order valence-corrected chi connectivity index (χ1v) is 11.9. The minimum Gasteiger partial charge on any atom is -0.464 e. The summed E-state index contributed by atoms with van der Waals surface area (Å²) < 4.78 is 11.6. The number of aliphatic hydroxyl groups is 1. The number of hydrogen-bond donors (Lipinski definition) is 1. The highest BCUT2D eigenvalue weighted by atomic mass is 28.4. The van der Waals surface area contributed by atoms with Gasteiger partial charge >= 0.3 is 5.97 Å². The van der Waals surface area contributed by atoms with Gasteiger partial charge in [0.1, 0.15) is 0 Å². The second-order valence-electron chi connectivity index (χ2n) is 8.17. The molecule has 0 radical (unpaired) electrons. The molecule has 0 amide bonds. The minimum absolute atomic E-state index is 0.122. The number of hydrogen-bond acceptors (Lipinski definition) is 4. The summed E-state index contributed by atoms with van der Waals surface area (Å²) in [6, 6.07) is 20.7. The van der Waals surface area contributed by atoms with Gasteiger partial charge in [0.05, 0.1) is 13.2 Å². The Balaban J connectivity index is 2.34. The lowest BCUT2D eigenvalue weighted by molar-refractivity contribution is -0.152. The predicted molar refractivity (Wildman–Crippen MR) is 120 cm³/mol. The molecule has 0 unspecified atom stereocenters. The monoisotopic (exact) mass is 412 g/mol. The van der Waals surface area contributed by atoms with Crippen LogP contribution in [0.15, 0.2) is 72.8 Å². The summed E-state index contributed by atoms with van der Waals surface area (Å²) in [5, 5.41) is 12.3. The van der Waals surface area contributed by atoms with E-state index in [1.807, 2.05) is 36.4 Å². The predicted octanol–water partition coefficient (Wildman–Crippen LogP) is 3.43. The number of benzene rings is 2. The summed E-state index contributed by atoms with van der Waals surface area (Å²) in [6.45, 7) is 12.9. The molecule has 0 bridgehead atoms. The van der Waals surface area contributed by atoms with Gasteiger partial charge in [0, 0.05) is 6.42 Å². The normalized spacial score (nSPS) is 13.0. The van der Waals surface area contributed by atoms with E-state index < -0.39 is 20.4 Å². The maximum Gasteiger partial charge on any atom is 0.335 e. The smallest absolute Gasteiger partial charge is 0.335 e. The first-order chi connectivity index (χ1) is 13.7. The topological polar surface area (TPSA) is 55.8 Å². The molecule has 29 heavy (non-hydrogen) atoms. The van der Waals surface area contributed by atoms with Crippen molar-refractivity contribution in [2.45, 2.75) is 45.3 Å². The highest BCUT2D eigenvalue weighted by molar-refractivity contribution is 6.99. The Labute approximate surface area is 175 Å². The SMILES string of the molecule is C=C(CO[Si](c1ccccc1)(c1ccccc1)C(C)(C)C)C[C@H](O)C(=O)OCC. The molecule has 1 N–H and O–H groups in total. The van der Waals surface area contributed by atoms with Gasteiger partial charge in [-0.05, 0) is 27.9 Å². The maximum atomic E-state index is 11.7. The quantitative estimate of drug-likeness (QED) is 0.389. The van der Waals surface area contributed by atoms with Crippen LogP contribution in [0.1, 0.15) is 34.1 Å². The largest absolute Gasteiger partial charge is 0.464 e. The number of rotatable bonds is 9. The van der Waals surface area contributed by atoms with E-state index >= 15 is 0 Å². The fourth-order valence-electron chi connectivity index (χ4n) is 3.63. The summed E-state index contributed by atoms with van der Waals surface area (Å²) in [5.74, 6) is -0.626. The molecule has 0 aromatic heterocycles. The van der Waals surface area contributed by atoms with E-state index in [9.17, 15) is 9.90 Å². The minimum atomic E-state index is -2.66. The van der Waals surface area contributed by atoms with E-state index in [1.165, 1.54) is 10.4 Å². The standard InChI is InChI=1S/C24H32O4Si/c1-6-27-23(26)22(25)17-19(2)18-28-29(24(3,4)5,20-13-9-7-10-14-20)21-15-11-8-12-16-21/h7-16,22,25H,2,6,17-18H2,1,3-5H3/t22-/m0/s1. The lowest BCUT2D eigenvalue weighted by Crippen LogP contribution is -2.66. The van der Waals surface area contributed by atoms with Crippen molar-refractivity contribution in [2.75, 3.05) is 13.2 Å². The molecule has 1 atom stereocenters. The Morgan fingerprint density at radius 3 is 1.93 bits per heavy atom. The number of carbonyl (C=O) groups excluding carboxylic acids is 1. The Bertz CT molecular complexity index is 757. The van der Waals surface area contributed by atoms with E-state index in [-0.39, 0.29) is 24.7 Å².